The van der Waals surface area contributed by atoms with Crippen LogP contribution in [0.5, 0.6) is 0 Å². The molecule has 3 rings (SSSR count). The smallest absolute Gasteiger partial charge is 0.293 e. The first kappa shape index (κ1) is 12.6. The molecule has 0 fully saturated rings. The molecule has 1 aromatic carbocycles. The van der Waals surface area contributed by atoms with Crippen molar-refractivity contribution in [2.45, 2.75) is 19.9 Å². The molecule has 0 saturated heterocycles. The van der Waals surface area contributed by atoms with Crippen molar-refractivity contribution in [2.75, 3.05) is 0 Å². The highest BCUT2D eigenvalue weighted by molar-refractivity contribution is 5.44. The number of hydrogen-bond donors (Lipinski definition) is 1. The fourth-order valence-electron chi connectivity index (χ4n) is 2.03. The Morgan fingerprint density at radius 2 is 2.10 bits per heavy atom. The van der Waals surface area contributed by atoms with Crippen molar-refractivity contribution >= 4 is 0 Å². The van der Waals surface area contributed by atoms with Crippen LogP contribution in [0.25, 0.3) is 11.7 Å². The Labute approximate surface area is 116 Å². The van der Waals surface area contributed by atoms with Crippen LogP contribution in [-0.4, -0.2) is 10.1 Å². The summed E-state index contributed by atoms with van der Waals surface area (Å²) in [7, 11) is 0. The summed E-state index contributed by atoms with van der Waals surface area (Å²) in [5.41, 5.74) is 7.87. The van der Waals surface area contributed by atoms with Gasteiger partial charge in [0.25, 0.3) is 5.89 Å². The van der Waals surface area contributed by atoms with Crippen molar-refractivity contribution in [3.8, 4) is 11.7 Å². The van der Waals surface area contributed by atoms with Gasteiger partial charge in [0.15, 0.2) is 11.6 Å². The summed E-state index contributed by atoms with van der Waals surface area (Å²) in [6.07, 6.45) is 0.635. The second-order valence-corrected chi connectivity index (χ2v) is 4.65. The lowest BCUT2D eigenvalue weighted by Crippen LogP contribution is -1.92. The maximum atomic E-state index is 5.50. The Balaban J connectivity index is 1.80. The summed E-state index contributed by atoms with van der Waals surface area (Å²) in [4.78, 5) is 4.34. The molecule has 5 heteroatoms. The molecule has 0 saturated carbocycles. The second-order valence-electron chi connectivity index (χ2n) is 4.65. The van der Waals surface area contributed by atoms with E-state index in [0.717, 1.165) is 5.56 Å². The van der Waals surface area contributed by atoms with E-state index in [1.165, 1.54) is 5.56 Å². The molecule has 0 atom stereocenters. The van der Waals surface area contributed by atoms with Crippen molar-refractivity contribution in [3.05, 3.63) is 59.1 Å². The summed E-state index contributed by atoms with van der Waals surface area (Å²) in [6, 6.07) is 11.8. The number of hydrogen-bond acceptors (Lipinski definition) is 5. The van der Waals surface area contributed by atoms with E-state index >= 15 is 0 Å². The van der Waals surface area contributed by atoms with Crippen molar-refractivity contribution in [1.29, 1.82) is 0 Å². The molecule has 102 valence electrons. The van der Waals surface area contributed by atoms with Gasteiger partial charge in [-0.05, 0) is 24.6 Å². The van der Waals surface area contributed by atoms with Gasteiger partial charge in [0, 0.05) is 6.42 Å². The Kier molecular flexibility index (Phi) is 3.35. The molecule has 0 aliphatic rings. The van der Waals surface area contributed by atoms with E-state index < -0.39 is 0 Å². The van der Waals surface area contributed by atoms with E-state index in [0.29, 0.717) is 36.2 Å². The lowest BCUT2D eigenvalue weighted by Gasteiger charge is -1.97. The standard InChI is InChI=1S/C15H15N3O2/c1-10-3-2-4-11(7-10)8-14-17-15(20-18-14)13-6-5-12(9-16)19-13/h2-7H,8-9,16H2,1H3. The van der Waals surface area contributed by atoms with E-state index in [1.54, 1.807) is 12.1 Å². The highest BCUT2D eigenvalue weighted by Crippen LogP contribution is 2.20. The van der Waals surface area contributed by atoms with Crippen LogP contribution in [0, 0.1) is 6.92 Å². The second kappa shape index (κ2) is 5.30. The fourth-order valence-corrected chi connectivity index (χ4v) is 2.03. The molecule has 2 aromatic heterocycles. The third-order valence-electron chi connectivity index (χ3n) is 2.99. The van der Waals surface area contributed by atoms with Crippen molar-refractivity contribution in [1.82, 2.24) is 10.1 Å². The van der Waals surface area contributed by atoms with Gasteiger partial charge in [-0.3, -0.25) is 0 Å². The van der Waals surface area contributed by atoms with E-state index in [1.807, 2.05) is 12.1 Å². The molecular weight excluding hydrogens is 254 g/mol. The molecule has 5 nitrogen and oxygen atoms in total. The quantitative estimate of drug-likeness (QED) is 0.787. The monoisotopic (exact) mass is 269 g/mol. The Bertz CT molecular complexity index is 715. The van der Waals surface area contributed by atoms with Gasteiger partial charge in [-0.25, -0.2) is 0 Å². The molecule has 0 amide bonds. The zero-order valence-corrected chi connectivity index (χ0v) is 11.2. The molecule has 2 heterocycles. The summed E-state index contributed by atoms with van der Waals surface area (Å²) in [5, 5.41) is 3.98. The molecular formula is C15H15N3O2. The predicted octanol–water partition coefficient (Wildman–Crippen LogP) is 2.69. The normalized spacial score (nSPS) is 10.9. The molecule has 0 aliphatic carbocycles. The molecule has 0 unspecified atom stereocenters. The van der Waals surface area contributed by atoms with Gasteiger partial charge in [0.05, 0.1) is 6.54 Å². The van der Waals surface area contributed by atoms with Crippen LogP contribution in [0.15, 0.2) is 45.3 Å². The highest BCUT2D eigenvalue weighted by atomic mass is 16.5. The molecule has 0 radical (unpaired) electrons. The van der Waals surface area contributed by atoms with Gasteiger partial charge in [0.2, 0.25) is 0 Å². The Morgan fingerprint density at radius 1 is 1.20 bits per heavy atom. The van der Waals surface area contributed by atoms with Gasteiger partial charge < -0.3 is 14.7 Å². The maximum absolute atomic E-state index is 5.50. The third kappa shape index (κ3) is 2.62. The summed E-state index contributed by atoms with van der Waals surface area (Å²) in [5.74, 6) is 2.26. The van der Waals surface area contributed by atoms with Crippen LogP contribution in [-0.2, 0) is 13.0 Å². The van der Waals surface area contributed by atoms with Gasteiger partial charge >= 0.3 is 0 Å². The molecule has 0 bridgehead atoms. The van der Waals surface area contributed by atoms with Crippen LogP contribution in [0.1, 0.15) is 22.7 Å². The molecule has 20 heavy (non-hydrogen) atoms. The van der Waals surface area contributed by atoms with Crippen molar-refractivity contribution < 1.29 is 8.94 Å². The largest absolute Gasteiger partial charge is 0.455 e. The van der Waals surface area contributed by atoms with E-state index in [9.17, 15) is 0 Å². The first-order chi connectivity index (χ1) is 9.74. The maximum Gasteiger partial charge on any atom is 0.293 e. The SMILES string of the molecule is Cc1cccc(Cc2noc(-c3ccc(CN)o3)n2)c1. The van der Waals surface area contributed by atoms with Gasteiger partial charge in [-0.2, -0.15) is 4.98 Å². The van der Waals surface area contributed by atoms with Gasteiger partial charge in [-0.1, -0.05) is 35.0 Å². The number of nitrogens with zero attached hydrogens (tertiary/aromatic N) is 2. The van der Waals surface area contributed by atoms with E-state index in [-0.39, 0.29) is 0 Å². The first-order valence-corrected chi connectivity index (χ1v) is 6.42. The molecule has 2 N–H and O–H groups in total. The van der Waals surface area contributed by atoms with E-state index in [2.05, 4.69) is 29.2 Å². The topological polar surface area (TPSA) is 78.1 Å². The van der Waals surface area contributed by atoms with Crippen LogP contribution in [0.3, 0.4) is 0 Å². The minimum Gasteiger partial charge on any atom is -0.455 e. The zero-order valence-electron chi connectivity index (χ0n) is 11.2. The number of nitrogens with two attached hydrogens (primary N) is 1. The lowest BCUT2D eigenvalue weighted by molar-refractivity contribution is 0.406. The van der Waals surface area contributed by atoms with Gasteiger partial charge in [0.1, 0.15) is 5.76 Å². The number of furan rings is 1. The van der Waals surface area contributed by atoms with Gasteiger partial charge in [-0.15, -0.1) is 0 Å². The molecule has 0 aliphatic heterocycles. The molecule has 3 aromatic rings. The van der Waals surface area contributed by atoms with Crippen LogP contribution in [0.4, 0.5) is 0 Å². The number of aromatic nitrogens is 2. The highest BCUT2D eigenvalue weighted by Gasteiger charge is 2.13. The van der Waals surface area contributed by atoms with Crippen LogP contribution >= 0.6 is 0 Å². The van der Waals surface area contributed by atoms with Crippen LogP contribution < -0.4 is 5.73 Å². The van der Waals surface area contributed by atoms with Crippen LogP contribution in [0.2, 0.25) is 0 Å². The first-order valence-electron chi connectivity index (χ1n) is 6.42. The Morgan fingerprint density at radius 3 is 2.85 bits per heavy atom. The van der Waals surface area contributed by atoms with E-state index in [4.69, 9.17) is 14.7 Å². The fraction of sp³-hybridized carbons (Fsp3) is 0.200. The minimum absolute atomic E-state index is 0.351. The predicted molar refractivity (Wildman–Crippen MR) is 73.9 cm³/mol. The zero-order chi connectivity index (χ0) is 13.9. The summed E-state index contributed by atoms with van der Waals surface area (Å²) in [6.45, 7) is 2.41. The average molecular weight is 269 g/mol. The molecule has 0 spiro atoms. The lowest BCUT2D eigenvalue weighted by atomic mass is 10.1. The number of benzene rings is 1. The van der Waals surface area contributed by atoms with Crippen molar-refractivity contribution in [2.24, 2.45) is 5.73 Å². The number of rotatable bonds is 4. The van der Waals surface area contributed by atoms with Crippen molar-refractivity contribution in [3.63, 3.8) is 0 Å². The average Bonchev–Trinajstić information content (AvgIpc) is 3.07. The summed E-state index contributed by atoms with van der Waals surface area (Å²) < 4.78 is 10.7. The summed E-state index contributed by atoms with van der Waals surface area (Å²) >= 11 is 0. The minimum atomic E-state index is 0.351. The Hall–Kier alpha value is -2.40. The number of aryl methyl sites for hydroxylation is 1. The third-order valence-corrected chi connectivity index (χ3v) is 2.99.